The van der Waals surface area contributed by atoms with Gasteiger partial charge < -0.3 is 0 Å². The Morgan fingerprint density at radius 3 is 2.33 bits per heavy atom. The molecule has 9 heavy (non-hydrogen) atoms. The van der Waals surface area contributed by atoms with E-state index in [1.165, 1.54) is 0 Å². The van der Waals surface area contributed by atoms with Crippen molar-refractivity contribution in [2.45, 2.75) is 6.04 Å². The Balaban J connectivity index is 2.43. The molecule has 2 heteroatoms. The molecule has 1 N–H and O–H groups in total. The first kappa shape index (κ1) is 6.52. The fourth-order valence-electron chi connectivity index (χ4n) is 0.827. The molecule has 0 unspecified atom stereocenters. The Morgan fingerprint density at radius 2 is 1.89 bits per heavy atom. The molecule has 0 fully saturated rings. The van der Waals surface area contributed by atoms with Crippen molar-refractivity contribution < 1.29 is 0 Å². The first-order valence-corrected chi connectivity index (χ1v) is 3.10. The normalized spacial score (nSPS) is 18.1. The second-order valence-corrected chi connectivity index (χ2v) is 2.09. The topological polar surface area (TPSA) is 15.3 Å². The van der Waals surface area contributed by atoms with Crippen molar-refractivity contribution in [3.8, 4) is 0 Å². The highest BCUT2D eigenvalue weighted by Crippen LogP contribution is 2.03. The summed E-state index contributed by atoms with van der Waals surface area (Å²) in [5, 5.41) is 2.04. The third kappa shape index (κ3) is 1.40. The quantitative estimate of drug-likeness (QED) is 0.541. The Morgan fingerprint density at radius 1 is 1.33 bits per heavy atom. The molecule has 0 bridgehead atoms. The maximum absolute atomic E-state index is 3.04. The minimum Gasteiger partial charge on any atom is -0.258 e. The van der Waals surface area contributed by atoms with Gasteiger partial charge in [0.1, 0.15) is 0 Å². The van der Waals surface area contributed by atoms with E-state index in [0.717, 1.165) is 0 Å². The molecule has 0 aliphatic heterocycles. The molecule has 1 aliphatic rings. The van der Waals surface area contributed by atoms with Crippen LogP contribution < -0.4 is 5.43 Å². The van der Waals surface area contributed by atoms with E-state index in [1.807, 2.05) is 19.1 Å². The van der Waals surface area contributed by atoms with Crippen molar-refractivity contribution in [3.05, 3.63) is 24.3 Å². The van der Waals surface area contributed by atoms with E-state index in [9.17, 15) is 0 Å². The van der Waals surface area contributed by atoms with Crippen molar-refractivity contribution in [1.82, 2.24) is 10.4 Å². The second kappa shape index (κ2) is 2.80. The highest BCUT2D eigenvalue weighted by atomic mass is 15.5. The minimum atomic E-state index is 0.440. The number of likely N-dealkylation sites (N-methyl/N-ethyl adjacent to an activating group) is 1. The maximum atomic E-state index is 3.04. The third-order valence-electron chi connectivity index (χ3n) is 1.53. The molecule has 0 radical (unpaired) electrons. The Kier molecular flexibility index (Phi) is 2.03. The first-order chi connectivity index (χ1) is 4.34. The smallest absolute Gasteiger partial charge is 0.0607 e. The molecule has 0 aromatic rings. The van der Waals surface area contributed by atoms with E-state index in [0.29, 0.717) is 6.04 Å². The molecular weight excluding hydrogens is 112 g/mol. The van der Waals surface area contributed by atoms with Gasteiger partial charge in [0, 0.05) is 7.05 Å². The Labute approximate surface area is 55.8 Å². The van der Waals surface area contributed by atoms with Gasteiger partial charge in [-0.2, -0.15) is 0 Å². The standard InChI is InChI=1S/C7H12N2/c1-8-9(2)7-5-3-4-6-7/h3-8H,1-2H3. The molecule has 2 nitrogen and oxygen atoms in total. The molecule has 0 heterocycles. The van der Waals surface area contributed by atoms with Gasteiger partial charge in [-0.25, -0.2) is 5.01 Å². The van der Waals surface area contributed by atoms with Crippen molar-refractivity contribution in [3.63, 3.8) is 0 Å². The van der Waals surface area contributed by atoms with E-state index < -0.39 is 0 Å². The van der Waals surface area contributed by atoms with Crippen LogP contribution >= 0.6 is 0 Å². The van der Waals surface area contributed by atoms with Crippen LogP contribution in [0.4, 0.5) is 0 Å². The lowest BCUT2D eigenvalue weighted by Gasteiger charge is -2.19. The molecule has 0 saturated carbocycles. The van der Waals surface area contributed by atoms with Crippen molar-refractivity contribution >= 4 is 0 Å². The fraction of sp³-hybridized carbons (Fsp3) is 0.429. The van der Waals surface area contributed by atoms with Crippen molar-refractivity contribution in [1.29, 1.82) is 0 Å². The average molecular weight is 124 g/mol. The van der Waals surface area contributed by atoms with Gasteiger partial charge in [0.25, 0.3) is 0 Å². The number of hydrogen-bond acceptors (Lipinski definition) is 2. The van der Waals surface area contributed by atoms with Crippen LogP contribution in [0, 0.1) is 0 Å². The average Bonchev–Trinajstić information content (AvgIpc) is 2.37. The second-order valence-electron chi connectivity index (χ2n) is 2.09. The lowest BCUT2D eigenvalue weighted by molar-refractivity contribution is 0.247. The lowest BCUT2D eigenvalue weighted by Crippen LogP contribution is -2.37. The summed E-state index contributed by atoms with van der Waals surface area (Å²) in [6.45, 7) is 0. The minimum absolute atomic E-state index is 0.440. The lowest BCUT2D eigenvalue weighted by atomic mass is 10.3. The first-order valence-electron chi connectivity index (χ1n) is 3.10. The van der Waals surface area contributed by atoms with Crippen LogP contribution in [0.3, 0.4) is 0 Å². The largest absolute Gasteiger partial charge is 0.258 e. The van der Waals surface area contributed by atoms with E-state index in [1.54, 1.807) is 0 Å². The van der Waals surface area contributed by atoms with Gasteiger partial charge in [0.15, 0.2) is 0 Å². The van der Waals surface area contributed by atoms with Crippen LogP contribution in [0.1, 0.15) is 0 Å². The molecule has 1 aliphatic carbocycles. The third-order valence-corrected chi connectivity index (χ3v) is 1.53. The molecule has 50 valence electrons. The van der Waals surface area contributed by atoms with Crippen molar-refractivity contribution in [2.24, 2.45) is 0 Å². The number of rotatable bonds is 2. The number of hydrazine groups is 1. The van der Waals surface area contributed by atoms with Crippen LogP contribution in [-0.4, -0.2) is 25.1 Å². The number of nitrogens with one attached hydrogen (secondary N) is 1. The number of hydrogen-bond donors (Lipinski definition) is 1. The van der Waals surface area contributed by atoms with E-state index in [-0.39, 0.29) is 0 Å². The zero-order chi connectivity index (χ0) is 6.69. The summed E-state index contributed by atoms with van der Waals surface area (Å²) >= 11 is 0. The SMILES string of the molecule is CNN(C)C1C=CC=C1. The maximum Gasteiger partial charge on any atom is 0.0607 e. The molecular formula is C7H12N2. The zero-order valence-corrected chi connectivity index (χ0v) is 5.83. The van der Waals surface area contributed by atoms with Gasteiger partial charge in [-0.15, -0.1) is 0 Å². The molecule has 0 aromatic carbocycles. The highest BCUT2D eigenvalue weighted by molar-refractivity contribution is 5.20. The summed E-state index contributed by atoms with van der Waals surface area (Å²) in [4.78, 5) is 0. The molecule has 0 aromatic heterocycles. The Hall–Kier alpha value is -0.600. The zero-order valence-electron chi connectivity index (χ0n) is 5.83. The summed E-state index contributed by atoms with van der Waals surface area (Å²) in [5.41, 5.74) is 3.04. The molecule has 0 spiro atoms. The molecule has 1 rings (SSSR count). The number of allylic oxidation sites excluding steroid dienone is 2. The van der Waals surface area contributed by atoms with Crippen LogP contribution in [-0.2, 0) is 0 Å². The van der Waals surface area contributed by atoms with E-state index in [2.05, 4.69) is 29.7 Å². The van der Waals surface area contributed by atoms with Crippen LogP contribution in [0.5, 0.6) is 0 Å². The molecule has 0 amide bonds. The summed E-state index contributed by atoms with van der Waals surface area (Å²) in [6.07, 6.45) is 8.38. The highest BCUT2D eigenvalue weighted by Gasteiger charge is 2.06. The van der Waals surface area contributed by atoms with Crippen LogP contribution in [0.15, 0.2) is 24.3 Å². The van der Waals surface area contributed by atoms with Gasteiger partial charge in [-0.3, -0.25) is 5.43 Å². The van der Waals surface area contributed by atoms with Crippen molar-refractivity contribution in [2.75, 3.05) is 14.1 Å². The van der Waals surface area contributed by atoms with E-state index >= 15 is 0 Å². The summed E-state index contributed by atoms with van der Waals surface area (Å²) in [5.74, 6) is 0. The molecule has 0 atom stereocenters. The number of nitrogens with zero attached hydrogens (tertiary/aromatic N) is 1. The molecule has 0 saturated heterocycles. The fourth-order valence-corrected chi connectivity index (χ4v) is 0.827. The summed E-state index contributed by atoms with van der Waals surface area (Å²) in [7, 11) is 3.94. The predicted octanol–water partition coefficient (Wildman–Crippen LogP) is 0.547. The predicted molar refractivity (Wildman–Crippen MR) is 38.9 cm³/mol. The summed E-state index contributed by atoms with van der Waals surface area (Å²) in [6, 6.07) is 0.440. The Bertz CT molecular complexity index is 126. The van der Waals surface area contributed by atoms with Gasteiger partial charge in [-0.05, 0) is 7.05 Å². The van der Waals surface area contributed by atoms with Gasteiger partial charge in [0.05, 0.1) is 6.04 Å². The van der Waals surface area contributed by atoms with Gasteiger partial charge in [0.2, 0.25) is 0 Å². The van der Waals surface area contributed by atoms with Gasteiger partial charge >= 0.3 is 0 Å². The van der Waals surface area contributed by atoms with Gasteiger partial charge in [-0.1, -0.05) is 24.3 Å². The summed E-state index contributed by atoms with van der Waals surface area (Å²) < 4.78 is 0. The van der Waals surface area contributed by atoms with E-state index in [4.69, 9.17) is 0 Å². The monoisotopic (exact) mass is 124 g/mol. The van der Waals surface area contributed by atoms with Crippen LogP contribution in [0.25, 0.3) is 0 Å². The van der Waals surface area contributed by atoms with Crippen LogP contribution in [0.2, 0.25) is 0 Å².